The summed E-state index contributed by atoms with van der Waals surface area (Å²) in [4.78, 5) is 12.2. The Morgan fingerprint density at radius 2 is 1.86 bits per heavy atom. The minimum atomic E-state index is -0.326. The summed E-state index contributed by atoms with van der Waals surface area (Å²) in [5.41, 5.74) is 2.69. The van der Waals surface area contributed by atoms with Gasteiger partial charge in [0.25, 0.3) is 5.91 Å². The van der Waals surface area contributed by atoms with Crippen molar-refractivity contribution in [1.29, 1.82) is 0 Å². The normalized spacial score (nSPS) is 10.1. The maximum atomic E-state index is 12.1. The largest absolute Gasteiger partial charge is 0.371 e. The van der Waals surface area contributed by atoms with Gasteiger partial charge >= 0.3 is 0 Å². The first-order chi connectivity index (χ1) is 10.6. The van der Waals surface area contributed by atoms with Crippen LogP contribution in [0.25, 0.3) is 0 Å². The van der Waals surface area contributed by atoms with Crippen LogP contribution in [0.4, 0.5) is 5.69 Å². The molecule has 2 aromatic rings. The molecule has 3 nitrogen and oxygen atoms in total. The molecule has 0 atom stereocenters. The van der Waals surface area contributed by atoms with Crippen molar-refractivity contribution in [3.05, 3.63) is 64.7 Å². The molecule has 0 heterocycles. The molecule has 0 aliphatic rings. The van der Waals surface area contributed by atoms with Crippen molar-refractivity contribution in [1.82, 2.24) is 5.32 Å². The Morgan fingerprint density at radius 3 is 2.59 bits per heavy atom. The summed E-state index contributed by atoms with van der Waals surface area (Å²) < 4.78 is 0. The number of amides is 1. The summed E-state index contributed by atoms with van der Waals surface area (Å²) >= 11 is 11.1. The van der Waals surface area contributed by atoms with Gasteiger partial charge in [-0.05, 0) is 36.6 Å². The molecule has 0 bridgehead atoms. The van der Waals surface area contributed by atoms with Gasteiger partial charge in [0.15, 0.2) is 4.99 Å². The van der Waals surface area contributed by atoms with E-state index in [0.717, 1.165) is 12.0 Å². The van der Waals surface area contributed by atoms with Gasteiger partial charge in [0.2, 0.25) is 0 Å². The third-order valence-electron chi connectivity index (χ3n) is 3.26. The fourth-order valence-electron chi connectivity index (χ4n) is 1.97. The number of carbonyl (C=O) groups excluding carboxylic acids is 1. The van der Waals surface area contributed by atoms with Gasteiger partial charge in [-0.15, -0.1) is 0 Å². The molecule has 0 radical (unpaired) electrons. The summed E-state index contributed by atoms with van der Waals surface area (Å²) in [7, 11) is 0. The van der Waals surface area contributed by atoms with E-state index < -0.39 is 0 Å². The number of benzene rings is 2. The second kappa shape index (κ2) is 7.92. The van der Waals surface area contributed by atoms with Crippen LogP contribution in [0.15, 0.2) is 48.5 Å². The van der Waals surface area contributed by atoms with Crippen molar-refractivity contribution in [2.75, 3.05) is 11.9 Å². The van der Waals surface area contributed by atoms with Crippen molar-refractivity contribution >= 4 is 40.4 Å². The molecular weight excluding hydrogens is 316 g/mol. The van der Waals surface area contributed by atoms with E-state index in [9.17, 15) is 4.79 Å². The van der Waals surface area contributed by atoms with E-state index >= 15 is 0 Å². The first-order valence-electron chi connectivity index (χ1n) is 6.96. The Hall–Kier alpha value is -1.91. The summed E-state index contributed by atoms with van der Waals surface area (Å²) in [5.74, 6) is -0.326. The van der Waals surface area contributed by atoms with Crippen molar-refractivity contribution in [3.63, 3.8) is 0 Å². The number of hydrogen-bond acceptors (Lipinski definition) is 2. The number of rotatable bonds is 4. The van der Waals surface area contributed by atoms with Gasteiger partial charge in [-0.2, -0.15) is 0 Å². The molecule has 1 amide bonds. The van der Waals surface area contributed by atoms with E-state index in [1.54, 1.807) is 18.2 Å². The van der Waals surface area contributed by atoms with Crippen LogP contribution in [0.5, 0.6) is 0 Å². The predicted octanol–water partition coefficient (Wildman–Crippen LogP) is 3.75. The molecular formula is C17H17ClN2OS. The zero-order valence-corrected chi connectivity index (χ0v) is 13.8. The molecule has 0 unspecified atom stereocenters. The van der Waals surface area contributed by atoms with Crippen LogP contribution in [-0.4, -0.2) is 17.4 Å². The number of carbonyl (C=O) groups is 1. The molecule has 0 aromatic heterocycles. The lowest BCUT2D eigenvalue weighted by Crippen LogP contribution is -2.35. The zero-order chi connectivity index (χ0) is 15.9. The minimum absolute atomic E-state index is 0.176. The minimum Gasteiger partial charge on any atom is -0.371 e. The topological polar surface area (TPSA) is 41.1 Å². The smallest absolute Gasteiger partial charge is 0.283 e. The second-order valence-corrected chi connectivity index (χ2v) is 5.67. The van der Waals surface area contributed by atoms with Crippen LogP contribution in [0, 0.1) is 6.92 Å². The van der Waals surface area contributed by atoms with Crippen LogP contribution < -0.4 is 10.6 Å². The molecule has 0 spiro atoms. The highest BCUT2D eigenvalue weighted by Gasteiger charge is 2.11. The van der Waals surface area contributed by atoms with E-state index in [4.69, 9.17) is 23.8 Å². The van der Waals surface area contributed by atoms with Crippen molar-refractivity contribution in [3.8, 4) is 0 Å². The Bertz CT molecular complexity index is 674. The van der Waals surface area contributed by atoms with Gasteiger partial charge in [0.1, 0.15) is 0 Å². The highest BCUT2D eigenvalue weighted by atomic mass is 35.5. The average molecular weight is 333 g/mol. The van der Waals surface area contributed by atoms with Crippen LogP contribution in [-0.2, 0) is 11.2 Å². The number of nitrogens with one attached hydrogen (secondary N) is 2. The van der Waals surface area contributed by atoms with Gasteiger partial charge < -0.3 is 10.6 Å². The zero-order valence-electron chi connectivity index (χ0n) is 12.2. The van der Waals surface area contributed by atoms with E-state index in [1.165, 1.54) is 5.56 Å². The lowest BCUT2D eigenvalue weighted by molar-refractivity contribution is -0.110. The van der Waals surface area contributed by atoms with Gasteiger partial charge in [-0.3, -0.25) is 4.79 Å². The fourth-order valence-corrected chi connectivity index (χ4v) is 2.29. The molecule has 2 aromatic carbocycles. The summed E-state index contributed by atoms with van der Waals surface area (Å²) in [6, 6.07) is 15.4. The standard InChI is InChI=1S/C17H17ClN2OS/c1-12-14(18)8-5-9-15(12)20-16(21)17(22)19-11-10-13-6-3-2-4-7-13/h2-9H,10-11H2,1H3,(H,19,22)(H,20,21). The third kappa shape index (κ3) is 4.55. The molecule has 2 rings (SSSR count). The van der Waals surface area contributed by atoms with Gasteiger partial charge in [0, 0.05) is 17.3 Å². The van der Waals surface area contributed by atoms with Crippen molar-refractivity contribution in [2.45, 2.75) is 13.3 Å². The summed E-state index contributed by atoms with van der Waals surface area (Å²) in [5, 5.41) is 6.36. The molecule has 0 fully saturated rings. The second-order valence-electron chi connectivity index (χ2n) is 4.86. The van der Waals surface area contributed by atoms with Crippen LogP contribution in [0.2, 0.25) is 5.02 Å². The SMILES string of the molecule is Cc1c(Cl)cccc1NC(=O)C(=S)NCCc1ccccc1. The van der Waals surface area contributed by atoms with E-state index in [-0.39, 0.29) is 10.9 Å². The highest BCUT2D eigenvalue weighted by molar-refractivity contribution is 7.82. The average Bonchev–Trinajstić information content (AvgIpc) is 2.52. The highest BCUT2D eigenvalue weighted by Crippen LogP contribution is 2.22. The Balaban J connectivity index is 1.85. The Kier molecular flexibility index (Phi) is 5.92. The lowest BCUT2D eigenvalue weighted by Gasteiger charge is -2.11. The van der Waals surface area contributed by atoms with E-state index in [2.05, 4.69) is 10.6 Å². The molecule has 0 saturated heterocycles. The summed E-state index contributed by atoms with van der Waals surface area (Å²) in [6.45, 7) is 2.47. The fraction of sp³-hybridized carbons (Fsp3) is 0.176. The maximum absolute atomic E-state index is 12.1. The third-order valence-corrected chi connectivity index (χ3v) is 4.00. The van der Waals surface area contributed by atoms with E-state index in [1.807, 2.05) is 37.3 Å². The molecule has 22 heavy (non-hydrogen) atoms. The van der Waals surface area contributed by atoms with E-state index in [0.29, 0.717) is 17.3 Å². The number of hydrogen-bond donors (Lipinski definition) is 2. The number of thiocarbonyl (C=S) groups is 1. The van der Waals surface area contributed by atoms with Gasteiger partial charge in [-0.25, -0.2) is 0 Å². The quantitative estimate of drug-likeness (QED) is 0.838. The lowest BCUT2D eigenvalue weighted by atomic mass is 10.1. The molecule has 0 aliphatic carbocycles. The molecule has 5 heteroatoms. The van der Waals surface area contributed by atoms with Crippen molar-refractivity contribution < 1.29 is 4.79 Å². The molecule has 2 N–H and O–H groups in total. The maximum Gasteiger partial charge on any atom is 0.283 e. The van der Waals surface area contributed by atoms with Gasteiger partial charge in [0.05, 0.1) is 0 Å². The monoisotopic (exact) mass is 332 g/mol. The van der Waals surface area contributed by atoms with Gasteiger partial charge in [-0.1, -0.05) is 60.2 Å². The van der Waals surface area contributed by atoms with Crippen LogP contribution >= 0.6 is 23.8 Å². The predicted molar refractivity (Wildman–Crippen MR) is 95.6 cm³/mol. The van der Waals surface area contributed by atoms with Crippen LogP contribution in [0.3, 0.4) is 0 Å². The van der Waals surface area contributed by atoms with Crippen LogP contribution in [0.1, 0.15) is 11.1 Å². The number of halogens is 1. The first-order valence-corrected chi connectivity index (χ1v) is 7.75. The first kappa shape index (κ1) is 16.5. The molecule has 0 saturated carbocycles. The molecule has 114 valence electrons. The summed E-state index contributed by atoms with van der Waals surface area (Å²) in [6.07, 6.45) is 0.810. The number of anilines is 1. The van der Waals surface area contributed by atoms with Crippen molar-refractivity contribution in [2.24, 2.45) is 0 Å². The molecule has 0 aliphatic heterocycles. The Morgan fingerprint density at radius 1 is 1.14 bits per heavy atom. The Labute approximate surface area is 140 Å².